The van der Waals surface area contributed by atoms with E-state index in [0.29, 0.717) is 6.42 Å². The molecular formula is C12H11O. The van der Waals surface area contributed by atoms with Crippen LogP contribution in [0.3, 0.4) is 0 Å². The molecule has 0 bridgehead atoms. The van der Waals surface area contributed by atoms with E-state index < -0.39 is 0 Å². The molecule has 1 aromatic rings. The van der Waals surface area contributed by atoms with Gasteiger partial charge in [0.25, 0.3) is 0 Å². The molecule has 1 unspecified atom stereocenters. The van der Waals surface area contributed by atoms with E-state index in [1.165, 1.54) is 11.1 Å². The molecule has 0 heterocycles. The zero-order chi connectivity index (χ0) is 9.10. The van der Waals surface area contributed by atoms with Gasteiger partial charge in [0, 0.05) is 12.3 Å². The van der Waals surface area contributed by atoms with E-state index in [-0.39, 0.29) is 5.92 Å². The topological polar surface area (TPSA) is 17.1 Å². The number of fused-ring (bicyclic) bond motifs is 1. The third kappa shape index (κ3) is 1.55. The van der Waals surface area contributed by atoms with Gasteiger partial charge >= 0.3 is 0 Å². The van der Waals surface area contributed by atoms with E-state index in [4.69, 9.17) is 0 Å². The van der Waals surface area contributed by atoms with Crippen LogP contribution in [0, 0.1) is 0 Å². The van der Waals surface area contributed by atoms with Crippen LogP contribution in [-0.4, -0.2) is 6.29 Å². The molecule has 1 aliphatic rings. The van der Waals surface area contributed by atoms with Gasteiger partial charge in [-0.2, -0.15) is 0 Å². The molecule has 1 heteroatoms. The maximum atomic E-state index is 10.3. The molecule has 0 N–H and O–H groups in total. The average Bonchev–Trinajstić information content (AvgIpc) is 2.19. The first-order chi connectivity index (χ1) is 6.42. The van der Waals surface area contributed by atoms with E-state index in [1.54, 1.807) is 0 Å². The van der Waals surface area contributed by atoms with Gasteiger partial charge in [-0.3, -0.25) is 4.79 Å². The molecule has 0 aromatic heterocycles. The first-order valence-electron chi connectivity index (χ1n) is 4.51. The molecule has 0 amide bonds. The maximum absolute atomic E-state index is 10.3. The number of rotatable bonds is 2. The summed E-state index contributed by atoms with van der Waals surface area (Å²) in [5.41, 5.74) is 2.62. The number of allylic oxidation sites excluding steroid dienone is 2. The second-order valence-electron chi connectivity index (χ2n) is 3.29. The lowest BCUT2D eigenvalue weighted by atomic mass is 9.86. The Morgan fingerprint density at radius 3 is 3.08 bits per heavy atom. The summed E-state index contributed by atoms with van der Waals surface area (Å²) in [7, 11) is 0. The molecule has 13 heavy (non-hydrogen) atoms. The van der Waals surface area contributed by atoms with Crippen molar-refractivity contribution in [3.8, 4) is 0 Å². The van der Waals surface area contributed by atoms with E-state index in [2.05, 4.69) is 24.3 Å². The van der Waals surface area contributed by atoms with Gasteiger partial charge in [0.2, 0.25) is 0 Å². The van der Waals surface area contributed by atoms with Crippen molar-refractivity contribution in [2.75, 3.05) is 0 Å². The van der Waals surface area contributed by atoms with Crippen molar-refractivity contribution in [1.29, 1.82) is 0 Å². The van der Waals surface area contributed by atoms with E-state index >= 15 is 0 Å². The van der Waals surface area contributed by atoms with Gasteiger partial charge < -0.3 is 0 Å². The Morgan fingerprint density at radius 1 is 1.38 bits per heavy atom. The van der Waals surface area contributed by atoms with E-state index in [1.807, 2.05) is 18.4 Å². The summed E-state index contributed by atoms with van der Waals surface area (Å²) < 4.78 is 0. The van der Waals surface area contributed by atoms with Gasteiger partial charge in [-0.1, -0.05) is 36.4 Å². The van der Waals surface area contributed by atoms with Crippen LogP contribution in [0.1, 0.15) is 23.5 Å². The average molecular weight is 171 g/mol. The minimum absolute atomic E-state index is 0.252. The highest BCUT2D eigenvalue weighted by molar-refractivity contribution is 5.55. The number of hydrogen-bond donors (Lipinski definition) is 0. The van der Waals surface area contributed by atoms with E-state index in [0.717, 1.165) is 6.42 Å². The van der Waals surface area contributed by atoms with Crippen LogP contribution in [0.15, 0.2) is 36.4 Å². The fourth-order valence-electron chi connectivity index (χ4n) is 1.81. The Morgan fingerprint density at radius 2 is 2.23 bits per heavy atom. The lowest BCUT2D eigenvalue weighted by Crippen LogP contribution is -2.04. The molecular weight excluding hydrogens is 160 g/mol. The summed E-state index contributed by atoms with van der Waals surface area (Å²) in [6.45, 7) is 0. The quantitative estimate of drug-likeness (QED) is 0.624. The fourth-order valence-corrected chi connectivity index (χ4v) is 1.81. The van der Waals surface area contributed by atoms with Gasteiger partial charge in [0.1, 0.15) is 0 Å². The molecule has 0 saturated heterocycles. The Bertz CT molecular complexity index is 339. The van der Waals surface area contributed by atoms with Crippen LogP contribution in [0.4, 0.5) is 0 Å². The highest BCUT2D eigenvalue weighted by Crippen LogP contribution is 2.28. The van der Waals surface area contributed by atoms with Gasteiger partial charge in [0.15, 0.2) is 6.29 Å². The molecule has 1 radical (unpaired) electrons. The first kappa shape index (κ1) is 8.24. The molecule has 2 rings (SSSR count). The van der Waals surface area contributed by atoms with Gasteiger partial charge in [-0.05, 0) is 17.5 Å². The van der Waals surface area contributed by atoms with Crippen molar-refractivity contribution in [2.24, 2.45) is 0 Å². The fraction of sp³-hybridized carbons (Fsp3) is 0.250. The molecule has 1 nitrogen and oxygen atoms in total. The van der Waals surface area contributed by atoms with Crippen molar-refractivity contribution < 1.29 is 4.79 Å². The number of carbonyl (C=O) groups excluding carboxylic acids is 1. The summed E-state index contributed by atoms with van der Waals surface area (Å²) in [6.07, 6.45) is 7.68. The highest BCUT2D eigenvalue weighted by atomic mass is 16.1. The molecule has 0 saturated carbocycles. The highest BCUT2D eigenvalue weighted by Gasteiger charge is 2.14. The zero-order valence-electron chi connectivity index (χ0n) is 7.36. The lowest BCUT2D eigenvalue weighted by molar-refractivity contribution is 0.547. The van der Waals surface area contributed by atoms with Crippen LogP contribution in [0.2, 0.25) is 0 Å². The predicted molar refractivity (Wildman–Crippen MR) is 52.3 cm³/mol. The first-order valence-corrected chi connectivity index (χ1v) is 4.51. The number of benzene rings is 1. The second-order valence-corrected chi connectivity index (χ2v) is 3.29. The standard InChI is InChI=1S/C12H11O/c13-9-8-11-6-3-5-10-4-1-2-7-12(10)11/h1-4,6-7,11H,5,8H2. The third-order valence-electron chi connectivity index (χ3n) is 2.46. The summed E-state index contributed by atoms with van der Waals surface area (Å²) >= 11 is 0. The minimum atomic E-state index is 0.252. The second kappa shape index (κ2) is 3.56. The Hall–Kier alpha value is -1.37. The van der Waals surface area contributed by atoms with Crippen LogP contribution >= 0.6 is 0 Å². The molecule has 0 fully saturated rings. The Labute approximate surface area is 78.1 Å². The minimum Gasteiger partial charge on any atom is -0.291 e. The summed E-state index contributed by atoms with van der Waals surface area (Å²) in [5.74, 6) is 0.252. The van der Waals surface area contributed by atoms with E-state index in [9.17, 15) is 4.79 Å². The Balaban J connectivity index is 2.36. The molecule has 0 aliphatic heterocycles. The molecule has 1 atom stereocenters. The van der Waals surface area contributed by atoms with Crippen LogP contribution in [0.25, 0.3) is 0 Å². The SMILES string of the molecule is O=[C]CC1C=CCc2ccccc21. The van der Waals surface area contributed by atoms with Crippen LogP contribution in [0.5, 0.6) is 0 Å². The smallest absolute Gasteiger partial charge is 0.199 e. The molecule has 1 aromatic carbocycles. The molecule has 0 spiro atoms. The normalized spacial score (nSPS) is 19.5. The maximum Gasteiger partial charge on any atom is 0.199 e. The molecule has 1 aliphatic carbocycles. The summed E-state index contributed by atoms with van der Waals surface area (Å²) in [4.78, 5) is 10.3. The lowest BCUT2D eigenvalue weighted by Gasteiger charge is -2.18. The van der Waals surface area contributed by atoms with Crippen LogP contribution < -0.4 is 0 Å². The van der Waals surface area contributed by atoms with Gasteiger partial charge in [0.05, 0.1) is 0 Å². The zero-order valence-corrected chi connectivity index (χ0v) is 7.36. The van der Waals surface area contributed by atoms with Crippen molar-refractivity contribution in [2.45, 2.75) is 18.8 Å². The van der Waals surface area contributed by atoms with Crippen molar-refractivity contribution in [1.82, 2.24) is 0 Å². The Kier molecular flexibility index (Phi) is 2.26. The van der Waals surface area contributed by atoms with Gasteiger partial charge in [-0.15, -0.1) is 0 Å². The van der Waals surface area contributed by atoms with Crippen molar-refractivity contribution in [3.05, 3.63) is 47.5 Å². The molecule has 65 valence electrons. The third-order valence-corrected chi connectivity index (χ3v) is 2.46. The van der Waals surface area contributed by atoms with Crippen molar-refractivity contribution >= 4 is 6.29 Å². The summed E-state index contributed by atoms with van der Waals surface area (Å²) in [5, 5.41) is 0. The van der Waals surface area contributed by atoms with Crippen molar-refractivity contribution in [3.63, 3.8) is 0 Å². The van der Waals surface area contributed by atoms with Gasteiger partial charge in [-0.25, -0.2) is 0 Å². The number of hydrogen-bond acceptors (Lipinski definition) is 1. The summed E-state index contributed by atoms with van der Waals surface area (Å²) in [6, 6.07) is 8.28. The largest absolute Gasteiger partial charge is 0.291 e. The monoisotopic (exact) mass is 171 g/mol. The van der Waals surface area contributed by atoms with Crippen LogP contribution in [-0.2, 0) is 11.2 Å². The predicted octanol–water partition coefficient (Wildman–Crippen LogP) is 2.38.